The summed E-state index contributed by atoms with van der Waals surface area (Å²) in [5.74, 6) is 0.379. The summed E-state index contributed by atoms with van der Waals surface area (Å²) >= 11 is 0. The molecule has 3 aliphatic heterocycles. The van der Waals surface area contributed by atoms with Crippen LogP contribution in [0.1, 0.15) is 37.8 Å². The second-order valence-electron chi connectivity index (χ2n) is 9.72. The zero-order valence-electron chi connectivity index (χ0n) is 19.2. The van der Waals surface area contributed by atoms with Gasteiger partial charge in [-0.15, -0.1) is 0 Å². The summed E-state index contributed by atoms with van der Waals surface area (Å²) in [5, 5.41) is 6.39. The predicted molar refractivity (Wildman–Crippen MR) is 126 cm³/mol. The molecule has 3 aromatic rings. The zero-order valence-corrected chi connectivity index (χ0v) is 19.2. The van der Waals surface area contributed by atoms with Gasteiger partial charge in [-0.1, -0.05) is 0 Å². The summed E-state index contributed by atoms with van der Waals surface area (Å²) in [6.45, 7) is 1.60. The molecule has 0 unspecified atom stereocenters. The van der Waals surface area contributed by atoms with Gasteiger partial charge in [0.25, 0.3) is 11.5 Å². The number of pyridine rings is 3. The number of carbonyl (C=O) groups excluding carboxylic acids is 1. The van der Waals surface area contributed by atoms with E-state index < -0.39 is 5.82 Å². The van der Waals surface area contributed by atoms with Crippen molar-refractivity contribution in [1.29, 1.82) is 0 Å². The summed E-state index contributed by atoms with van der Waals surface area (Å²) < 4.78 is 27.2. The third-order valence-corrected chi connectivity index (χ3v) is 7.55. The summed E-state index contributed by atoms with van der Waals surface area (Å²) in [5.41, 5.74) is 1.36. The van der Waals surface area contributed by atoms with E-state index in [4.69, 9.17) is 9.47 Å². The Kier molecular flexibility index (Phi) is 5.30. The number of amides is 1. The van der Waals surface area contributed by atoms with E-state index in [0.29, 0.717) is 48.7 Å². The quantitative estimate of drug-likeness (QED) is 0.559. The van der Waals surface area contributed by atoms with Gasteiger partial charge in [0.2, 0.25) is 0 Å². The Hall–Kier alpha value is -3.37. The first-order chi connectivity index (χ1) is 16.9. The summed E-state index contributed by atoms with van der Waals surface area (Å²) in [6, 6.07) is 8.20. The van der Waals surface area contributed by atoms with E-state index in [0.717, 1.165) is 37.6 Å². The fourth-order valence-electron chi connectivity index (χ4n) is 5.38. The Morgan fingerprint density at radius 3 is 2.80 bits per heavy atom. The highest BCUT2D eigenvalue weighted by Crippen LogP contribution is 2.45. The molecule has 1 saturated carbocycles. The molecule has 3 aromatic heterocycles. The van der Waals surface area contributed by atoms with E-state index in [-0.39, 0.29) is 29.2 Å². The third-order valence-electron chi connectivity index (χ3n) is 7.55. The highest BCUT2D eigenvalue weighted by atomic mass is 19.1. The lowest BCUT2D eigenvalue weighted by Crippen LogP contribution is -2.61. The van der Waals surface area contributed by atoms with Crippen molar-refractivity contribution >= 4 is 22.8 Å². The van der Waals surface area contributed by atoms with E-state index in [1.165, 1.54) is 12.1 Å². The molecular formula is C25H26FN5O4. The van der Waals surface area contributed by atoms with Crippen LogP contribution in [0.25, 0.3) is 11.0 Å². The molecule has 2 bridgehead atoms. The lowest BCUT2D eigenvalue weighted by atomic mass is 9.70. The molecule has 7 rings (SSSR count). The average Bonchev–Trinajstić information content (AvgIpc) is 2.88. The molecule has 6 heterocycles. The van der Waals surface area contributed by atoms with E-state index >= 15 is 0 Å². The smallest absolute Gasteiger partial charge is 0.263 e. The number of carbonyl (C=O) groups is 1. The van der Waals surface area contributed by atoms with Crippen molar-refractivity contribution in [1.82, 2.24) is 19.9 Å². The highest BCUT2D eigenvalue weighted by molar-refractivity contribution is 5.94. The Labute approximate surface area is 200 Å². The fourth-order valence-corrected chi connectivity index (χ4v) is 5.38. The van der Waals surface area contributed by atoms with Gasteiger partial charge in [0.1, 0.15) is 5.82 Å². The number of ether oxygens (including phenoxy) is 2. The van der Waals surface area contributed by atoms with Crippen molar-refractivity contribution in [2.75, 3.05) is 18.5 Å². The van der Waals surface area contributed by atoms with E-state index in [1.54, 1.807) is 10.6 Å². The Bertz CT molecular complexity index is 1350. The van der Waals surface area contributed by atoms with Crippen molar-refractivity contribution in [3.05, 3.63) is 58.4 Å². The van der Waals surface area contributed by atoms with Gasteiger partial charge in [-0.25, -0.2) is 9.37 Å². The van der Waals surface area contributed by atoms with E-state index in [2.05, 4.69) is 20.6 Å². The number of fused-ring (bicyclic) bond motifs is 5. The molecule has 4 aliphatic rings. The highest BCUT2D eigenvalue weighted by Gasteiger charge is 2.49. The van der Waals surface area contributed by atoms with Crippen molar-refractivity contribution in [3.8, 4) is 5.75 Å². The minimum absolute atomic E-state index is 0.0113. The Morgan fingerprint density at radius 2 is 2.00 bits per heavy atom. The van der Waals surface area contributed by atoms with Crippen LogP contribution in [0.4, 0.5) is 10.2 Å². The van der Waals surface area contributed by atoms with Crippen LogP contribution in [-0.4, -0.2) is 44.8 Å². The number of hydrogen-bond acceptors (Lipinski definition) is 7. The molecule has 182 valence electrons. The molecule has 10 heteroatoms. The van der Waals surface area contributed by atoms with Gasteiger partial charge in [0.05, 0.1) is 35.1 Å². The minimum Gasteiger partial charge on any atom is -0.480 e. The summed E-state index contributed by atoms with van der Waals surface area (Å²) in [4.78, 5) is 32.7. The van der Waals surface area contributed by atoms with Crippen molar-refractivity contribution in [3.63, 3.8) is 0 Å². The van der Waals surface area contributed by atoms with Crippen LogP contribution in [0.3, 0.4) is 0 Å². The largest absolute Gasteiger partial charge is 0.480 e. The van der Waals surface area contributed by atoms with Gasteiger partial charge >= 0.3 is 0 Å². The number of nitrogens with zero attached hydrogens (tertiary/aromatic N) is 3. The van der Waals surface area contributed by atoms with Crippen LogP contribution in [0, 0.1) is 5.82 Å². The molecule has 1 aliphatic carbocycles. The molecule has 2 N–H and O–H groups in total. The fraction of sp³-hybridized carbons (Fsp3) is 0.440. The number of rotatable bonds is 6. The van der Waals surface area contributed by atoms with Crippen LogP contribution in [0.2, 0.25) is 0 Å². The van der Waals surface area contributed by atoms with Crippen LogP contribution < -0.4 is 20.9 Å². The number of nitrogens with one attached hydrogen (secondary N) is 2. The van der Waals surface area contributed by atoms with Gasteiger partial charge in [0, 0.05) is 30.8 Å². The van der Waals surface area contributed by atoms with Gasteiger partial charge < -0.3 is 24.7 Å². The average molecular weight is 480 g/mol. The second-order valence-corrected chi connectivity index (χ2v) is 9.72. The maximum absolute atomic E-state index is 13.8. The summed E-state index contributed by atoms with van der Waals surface area (Å²) in [6.07, 6.45) is 5.53. The number of hydrogen-bond donors (Lipinski definition) is 2. The Morgan fingerprint density at radius 1 is 1.14 bits per heavy atom. The summed E-state index contributed by atoms with van der Waals surface area (Å²) in [7, 11) is 0. The molecule has 35 heavy (non-hydrogen) atoms. The van der Waals surface area contributed by atoms with Crippen molar-refractivity contribution in [2.24, 2.45) is 0 Å². The molecule has 2 saturated heterocycles. The van der Waals surface area contributed by atoms with Crippen molar-refractivity contribution in [2.45, 2.75) is 56.3 Å². The monoisotopic (exact) mass is 479 g/mol. The molecule has 3 fully saturated rings. The second kappa shape index (κ2) is 8.39. The maximum Gasteiger partial charge on any atom is 0.263 e. The molecule has 0 atom stereocenters. The standard InChI is InChI=1S/C25H26FN5O4/c26-16-11-19-18(27-12-16)2-4-22(33)31(19)10-9-25-7-5-24(6-8-25,15-35-25)28-13-17-1-3-20-23(29-17)30-21(32)14-34-20/h1-4,11-12,28H,5-10,13-15H2,(H,29,30,32). The van der Waals surface area contributed by atoms with Gasteiger partial charge in [-0.3, -0.25) is 14.6 Å². The molecule has 0 aromatic carbocycles. The van der Waals surface area contributed by atoms with Crippen LogP contribution in [0.5, 0.6) is 5.75 Å². The first kappa shape index (κ1) is 22.1. The Balaban J connectivity index is 1.10. The third kappa shape index (κ3) is 4.17. The normalized spacial score (nSPS) is 25.2. The van der Waals surface area contributed by atoms with E-state index in [9.17, 15) is 14.0 Å². The minimum atomic E-state index is -0.458. The van der Waals surface area contributed by atoms with Gasteiger partial charge in [-0.2, -0.15) is 0 Å². The SMILES string of the molecule is O=C1COc2ccc(CNC34CCC(CCn5c(=O)ccc6ncc(F)cc65)(CC3)OC4)nc2N1. The van der Waals surface area contributed by atoms with Crippen LogP contribution in [-0.2, 0) is 22.6 Å². The lowest BCUT2D eigenvalue weighted by Gasteiger charge is -2.53. The number of aromatic nitrogens is 3. The maximum atomic E-state index is 13.8. The van der Waals surface area contributed by atoms with Crippen LogP contribution >= 0.6 is 0 Å². The molecular weight excluding hydrogens is 453 g/mol. The first-order valence-corrected chi connectivity index (χ1v) is 11.9. The van der Waals surface area contributed by atoms with Gasteiger partial charge in [0.15, 0.2) is 18.2 Å². The van der Waals surface area contributed by atoms with Gasteiger partial charge in [-0.05, 0) is 50.3 Å². The van der Waals surface area contributed by atoms with E-state index in [1.807, 2.05) is 12.1 Å². The predicted octanol–water partition coefficient (Wildman–Crippen LogP) is 2.52. The first-order valence-electron chi connectivity index (χ1n) is 11.9. The molecule has 9 nitrogen and oxygen atoms in total. The zero-order chi connectivity index (χ0) is 24.0. The van der Waals surface area contributed by atoms with Crippen LogP contribution in [0.15, 0.2) is 41.3 Å². The lowest BCUT2D eigenvalue weighted by molar-refractivity contribution is -0.167. The molecule has 0 radical (unpaired) electrons. The number of anilines is 1. The molecule has 1 amide bonds. The molecule has 0 spiro atoms. The number of aryl methyl sites for hydroxylation is 1. The number of halogens is 1. The topological polar surface area (TPSA) is 107 Å². The van der Waals surface area contributed by atoms with Crippen molar-refractivity contribution < 1.29 is 18.7 Å².